The fourth-order valence-electron chi connectivity index (χ4n) is 3.04. The molecule has 1 aliphatic carbocycles. The Hall–Kier alpha value is -1.90. The molecule has 3 nitrogen and oxygen atoms in total. The van der Waals surface area contributed by atoms with Crippen molar-refractivity contribution in [2.45, 2.75) is 105 Å². The molecule has 0 aromatic heterocycles. The van der Waals surface area contributed by atoms with E-state index in [0.717, 1.165) is 6.42 Å². The Labute approximate surface area is 185 Å². The zero-order valence-corrected chi connectivity index (χ0v) is 20.6. The first kappa shape index (κ1) is 28.1. The number of hydrogen-bond donors (Lipinski definition) is 0. The van der Waals surface area contributed by atoms with Crippen molar-refractivity contribution in [1.82, 2.24) is 0 Å². The zero-order valence-electron chi connectivity index (χ0n) is 20.6. The average Bonchev–Trinajstić information content (AvgIpc) is 2.92. The molecule has 0 fully saturated rings. The van der Waals surface area contributed by atoms with Crippen LogP contribution in [0.15, 0.2) is 42.5 Å². The molecule has 1 unspecified atom stereocenters. The van der Waals surface area contributed by atoms with Crippen LogP contribution in [0.3, 0.4) is 0 Å². The molecule has 0 bridgehead atoms. The molecule has 1 aromatic rings. The van der Waals surface area contributed by atoms with Gasteiger partial charge in [-0.25, -0.2) is 0 Å². The fraction of sp³-hybridized carbons (Fsp3) is 0.630. The van der Waals surface area contributed by atoms with Crippen molar-refractivity contribution in [2.24, 2.45) is 5.41 Å². The van der Waals surface area contributed by atoms with Gasteiger partial charge < -0.3 is 4.74 Å². The number of ether oxygens (including phenoxy) is 1. The Morgan fingerprint density at radius 3 is 2.00 bits per heavy atom. The Bertz CT molecular complexity index is 638. The number of carbonyl (C=O) groups is 2. The minimum absolute atomic E-state index is 0.106. The molecule has 3 heteroatoms. The zero-order chi connectivity index (χ0) is 23.2. The van der Waals surface area contributed by atoms with E-state index in [-0.39, 0.29) is 11.7 Å². The maximum atomic E-state index is 12.7. The number of Topliss-reactive ketones (excluding diaryl/α,β-unsaturated/α-hetero) is 1. The van der Waals surface area contributed by atoms with E-state index in [1.807, 2.05) is 45.0 Å². The number of esters is 1. The summed E-state index contributed by atoms with van der Waals surface area (Å²) in [7, 11) is 0. The summed E-state index contributed by atoms with van der Waals surface area (Å²) < 4.78 is 5.54. The van der Waals surface area contributed by atoms with Gasteiger partial charge >= 0.3 is 5.97 Å². The van der Waals surface area contributed by atoms with Crippen LogP contribution in [-0.2, 0) is 14.3 Å². The molecule has 0 saturated carbocycles. The van der Waals surface area contributed by atoms with E-state index in [1.165, 1.54) is 31.7 Å². The number of rotatable bonds is 4. The Balaban J connectivity index is 0.00000105. The fourth-order valence-corrected chi connectivity index (χ4v) is 3.04. The second kappa shape index (κ2) is 14.2. The van der Waals surface area contributed by atoms with Crippen molar-refractivity contribution in [3.63, 3.8) is 0 Å². The third kappa shape index (κ3) is 9.73. The number of unbranched alkanes of at least 4 members (excludes halogenated alkanes) is 1. The third-order valence-corrected chi connectivity index (χ3v) is 4.91. The van der Waals surface area contributed by atoms with Gasteiger partial charge in [0.2, 0.25) is 0 Å². The van der Waals surface area contributed by atoms with Crippen molar-refractivity contribution in [3.05, 3.63) is 48.0 Å². The standard InChI is InChI=1S/C20H26O3.C4H10.C3H8/c1-15(21)20(18(22)23-19(2,3)4)13-8-11-17(12-14-20)16-9-6-5-7-10-16;1-3-4-2;1-3-2/h5-11,17H,12-14H2,1-4H3;3-4H2,1-2H3;3H2,1-2H3/t17-,20?;;/m1../s1. The highest BCUT2D eigenvalue weighted by molar-refractivity contribution is 6.03. The van der Waals surface area contributed by atoms with Crippen LogP contribution in [0, 0.1) is 5.41 Å². The summed E-state index contributed by atoms with van der Waals surface area (Å²) >= 11 is 0. The van der Waals surface area contributed by atoms with Crippen molar-refractivity contribution in [3.8, 4) is 0 Å². The molecular formula is C27H44O3. The van der Waals surface area contributed by atoms with Crippen molar-refractivity contribution in [2.75, 3.05) is 0 Å². The smallest absolute Gasteiger partial charge is 0.320 e. The molecule has 1 aromatic carbocycles. The van der Waals surface area contributed by atoms with Crippen molar-refractivity contribution >= 4 is 11.8 Å². The molecule has 0 amide bonds. The summed E-state index contributed by atoms with van der Waals surface area (Å²) in [5.74, 6) is -0.263. The lowest BCUT2D eigenvalue weighted by Crippen LogP contribution is -2.42. The van der Waals surface area contributed by atoms with Gasteiger partial charge in [0, 0.05) is 5.92 Å². The average molecular weight is 417 g/mol. The SMILES string of the molecule is CC(=O)C1(C(=O)OC(C)(C)C)CC=C[C@@H](c2ccccc2)CC1.CCC.CCCC. The van der Waals surface area contributed by atoms with Gasteiger partial charge in [-0.15, -0.1) is 0 Å². The number of benzene rings is 1. The molecule has 0 radical (unpaired) electrons. The van der Waals surface area contributed by atoms with Gasteiger partial charge in [0.05, 0.1) is 0 Å². The summed E-state index contributed by atoms with van der Waals surface area (Å²) in [6.45, 7) is 15.6. The highest BCUT2D eigenvalue weighted by Gasteiger charge is 2.46. The van der Waals surface area contributed by atoms with Gasteiger partial charge in [0.1, 0.15) is 16.8 Å². The van der Waals surface area contributed by atoms with Crippen LogP contribution in [0.1, 0.15) is 105 Å². The molecule has 2 atom stereocenters. The maximum Gasteiger partial charge on any atom is 0.320 e. The van der Waals surface area contributed by atoms with Crippen LogP contribution < -0.4 is 0 Å². The van der Waals surface area contributed by atoms with Gasteiger partial charge in [0.25, 0.3) is 0 Å². The van der Waals surface area contributed by atoms with Gasteiger partial charge in [-0.3, -0.25) is 9.59 Å². The Morgan fingerprint density at radius 1 is 1.03 bits per heavy atom. The van der Waals surface area contributed by atoms with E-state index in [1.54, 1.807) is 0 Å². The summed E-state index contributed by atoms with van der Waals surface area (Å²) in [5.41, 5.74) is -0.422. The predicted molar refractivity (Wildman–Crippen MR) is 128 cm³/mol. The largest absolute Gasteiger partial charge is 0.459 e. The van der Waals surface area contributed by atoms with Gasteiger partial charge in [-0.05, 0) is 52.5 Å². The molecule has 0 spiro atoms. The van der Waals surface area contributed by atoms with E-state index in [0.29, 0.717) is 12.8 Å². The van der Waals surface area contributed by atoms with E-state index in [2.05, 4.69) is 45.9 Å². The van der Waals surface area contributed by atoms with Crippen molar-refractivity contribution in [1.29, 1.82) is 0 Å². The molecule has 170 valence electrons. The molecule has 30 heavy (non-hydrogen) atoms. The van der Waals surface area contributed by atoms with Gasteiger partial charge in [-0.1, -0.05) is 89.4 Å². The first-order valence-electron chi connectivity index (χ1n) is 11.5. The van der Waals surface area contributed by atoms with Gasteiger partial charge in [-0.2, -0.15) is 0 Å². The predicted octanol–water partition coefficient (Wildman–Crippen LogP) is 7.65. The summed E-state index contributed by atoms with van der Waals surface area (Å²) in [6, 6.07) is 10.2. The van der Waals surface area contributed by atoms with Crippen LogP contribution in [0.25, 0.3) is 0 Å². The van der Waals surface area contributed by atoms with Crippen LogP contribution >= 0.6 is 0 Å². The lowest BCUT2D eigenvalue weighted by Gasteiger charge is -2.31. The first-order valence-corrected chi connectivity index (χ1v) is 11.5. The highest BCUT2D eigenvalue weighted by Crippen LogP contribution is 2.40. The number of ketones is 1. The van der Waals surface area contributed by atoms with E-state index >= 15 is 0 Å². The van der Waals surface area contributed by atoms with Crippen LogP contribution in [0.5, 0.6) is 0 Å². The van der Waals surface area contributed by atoms with Crippen molar-refractivity contribution < 1.29 is 14.3 Å². The van der Waals surface area contributed by atoms with Crippen LogP contribution in [0.2, 0.25) is 0 Å². The molecule has 0 aliphatic heterocycles. The topological polar surface area (TPSA) is 43.4 Å². The summed E-state index contributed by atoms with van der Waals surface area (Å²) in [6.07, 6.45) is 9.67. The second-order valence-electron chi connectivity index (χ2n) is 9.04. The third-order valence-electron chi connectivity index (χ3n) is 4.91. The lowest BCUT2D eigenvalue weighted by molar-refractivity contribution is -0.170. The van der Waals surface area contributed by atoms with Crippen LogP contribution in [-0.4, -0.2) is 17.4 Å². The highest BCUT2D eigenvalue weighted by atomic mass is 16.6. The van der Waals surface area contributed by atoms with E-state index < -0.39 is 17.0 Å². The quantitative estimate of drug-likeness (QED) is 0.287. The summed E-state index contributed by atoms with van der Waals surface area (Å²) in [5, 5.41) is 0. The normalized spacial score (nSPS) is 20.6. The van der Waals surface area contributed by atoms with E-state index in [4.69, 9.17) is 4.74 Å². The minimum atomic E-state index is -1.05. The second-order valence-corrected chi connectivity index (χ2v) is 9.04. The molecule has 2 rings (SSSR count). The number of allylic oxidation sites excluding steroid dienone is 2. The summed E-state index contributed by atoms with van der Waals surface area (Å²) in [4.78, 5) is 25.0. The molecular weight excluding hydrogens is 372 g/mol. The number of hydrogen-bond acceptors (Lipinski definition) is 3. The molecule has 0 saturated heterocycles. The monoisotopic (exact) mass is 416 g/mol. The molecule has 1 aliphatic rings. The minimum Gasteiger partial charge on any atom is -0.459 e. The maximum absolute atomic E-state index is 12.7. The van der Waals surface area contributed by atoms with Crippen LogP contribution in [0.4, 0.5) is 0 Å². The Kier molecular flexibility index (Phi) is 13.3. The lowest BCUT2D eigenvalue weighted by atomic mass is 9.76. The molecule has 0 heterocycles. The first-order chi connectivity index (χ1) is 14.1. The van der Waals surface area contributed by atoms with Gasteiger partial charge in [0.15, 0.2) is 0 Å². The van der Waals surface area contributed by atoms with E-state index in [9.17, 15) is 9.59 Å². The Morgan fingerprint density at radius 2 is 1.57 bits per heavy atom. The molecule has 0 N–H and O–H groups in total. The number of carbonyl (C=O) groups excluding carboxylic acids is 2.